The molecule has 1 aliphatic rings. The van der Waals surface area contributed by atoms with Gasteiger partial charge in [0.1, 0.15) is 5.75 Å². The summed E-state index contributed by atoms with van der Waals surface area (Å²) in [5, 5.41) is 3.66. The highest BCUT2D eigenvalue weighted by atomic mass is 16.5. The Morgan fingerprint density at radius 3 is 2.71 bits per heavy atom. The van der Waals surface area contributed by atoms with Crippen molar-refractivity contribution < 1.29 is 4.74 Å². The van der Waals surface area contributed by atoms with Crippen LogP contribution < -0.4 is 10.1 Å². The third-order valence-corrected chi connectivity index (χ3v) is 4.22. The molecule has 0 fully saturated rings. The average Bonchev–Trinajstić information content (AvgIpc) is 2.95. The number of para-hydroxylation sites is 1. The number of aryl methyl sites for hydroxylation is 1. The smallest absolute Gasteiger partial charge is 0.122 e. The summed E-state index contributed by atoms with van der Waals surface area (Å²) in [5.74, 6) is 1.54. The van der Waals surface area contributed by atoms with Gasteiger partial charge in [0, 0.05) is 24.1 Å². The molecule has 0 radical (unpaired) electrons. The van der Waals surface area contributed by atoms with Crippen molar-refractivity contribution in [2.24, 2.45) is 0 Å². The molecule has 2 unspecified atom stereocenters. The van der Waals surface area contributed by atoms with Gasteiger partial charge in [-0.15, -0.1) is 0 Å². The second-order valence-corrected chi connectivity index (χ2v) is 5.88. The fourth-order valence-corrected chi connectivity index (χ4v) is 2.87. The highest BCUT2D eigenvalue weighted by Crippen LogP contribution is 2.32. The highest BCUT2D eigenvalue weighted by molar-refractivity contribution is 5.39. The molecular weight excluding hydrogens is 258 g/mol. The molecule has 0 bridgehead atoms. The molecule has 110 valence electrons. The van der Waals surface area contributed by atoms with E-state index in [9.17, 15) is 0 Å². The number of benzene rings is 2. The number of nitrogens with one attached hydrogen (secondary N) is 1. The van der Waals surface area contributed by atoms with Gasteiger partial charge < -0.3 is 10.1 Å². The minimum atomic E-state index is 0.486. The Labute approximate surface area is 127 Å². The number of fused-ring (bicyclic) bond motifs is 1. The summed E-state index contributed by atoms with van der Waals surface area (Å²) in [5.41, 5.74) is 2.76. The molecule has 0 saturated heterocycles. The molecule has 21 heavy (non-hydrogen) atoms. The fourth-order valence-electron chi connectivity index (χ4n) is 2.87. The van der Waals surface area contributed by atoms with Crippen LogP contribution in [-0.4, -0.2) is 19.2 Å². The van der Waals surface area contributed by atoms with Crippen molar-refractivity contribution in [3.63, 3.8) is 0 Å². The summed E-state index contributed by atoms with van der Waals surface area (Å²) in [6, 6.07) is 19.6. The van der Waals surface area contributed by atoms with Crippen molar-refractivity contribution in [3.8, 4) is 5.75 Å². The zero-order valence-electron chi connectivity index (χ0n) is 12.6. The molecular formula is C19H23NO. The van der Waals surface area contributed by atoms with Gasteiger partial charge in [0.15, 0.2) is 0 Å². The lowest BCUT2D eigenvalue weighted by atomic mass is 10.0. The van der Waals surface area contributed by atoms with Crippen molar-refractivity contribution in [2.45, 2.75) is 31.7 Å². The maximum atomic E-state index is 5.73. The second kappa shape index (κ2) is 6.77. The molecule has 1 N–H and O–H groups in total. The van der Waals surface area contributed by atoms with Crippen molar-refractivity contribution in [1.82, 2.24) is 5.32 Å². The Morgan fingerprint density at radius 1 is 1.10 bits per heavy atom. The normalized spacial score (nSPS) is 18.0. The Morgan fingerprint density at radius 2 is 1.86 bits per heavy atom. The third-order valence-electron chi connectivity index (χ3n) is 4.22. The summed E-state index contributed by atoms with van der Waals surface area (Å²) < 4.78 is 5.73. The predicted molar refractivity (Wildman–Crippen MR) is 86.9 cm³/mol. The summed E-state index contributed by atoms with van der Waals surface area (Å²) >= 11 is 0. The molecule has 2 aromatic carbocycles. The summed E-state index contributed by atoms with van der Waals surface area (Å²) in [6.45, 7) is 4.06. The van der Waals surface area contributed by atoms with E-state index in [0.717, 1.165) is 25.3 Å². The largest absolute Gasteiger partial charge is 0.493 e. The summed E-state index contributed by atoms with van der Waals surface area (Å²) in [7, 11) is 0. The van der Waals surface area contributed by atoms with Crippen LogP contribution in [0, 0.1) is 0 Å². The number of ether oxygens (including phenoxy) is 1. The number of hydrogen-bond donors (Lipinski definition) is 1. The van der Waals surface area contributed by atoms with E-state index in [1.165, 1.54) is 17.5 Å². The SMILES string of the molecule is CC(CCc1ccccc1)NCC1COc2ccccc21. The quantitative estimate of drug-likeness (QED) is 0.870. The maximum Gasteiger partial charge on any atom is 0.122 e. The van der Waals surface area contributed by atoms with E-state index in [2.05, 4.69) is 60.8 Å². The highest BCUT2D eigenvalue weighted by Gasteiger charge is 2.23. The minimum Gasteiger partial charge on any atom is -0.493 e. The van der Waals surface area contributed by atoms with Crippen LogP contribution in [0.3, 0.4) is 0 Å². The first-order chi connectivity index (χ1) is 10.3. The summed E-state index contributed by atoms with van der Waals surface area (Å²) in [4.78, 5) is 0. The zero-order valence-corrected chi connectivity index (χ0v) is 12.6. The molecule has 2 atom stereocenters. The average molecular weight is 281 g/mol. The van der Waals surface area contributed by atoms with E-state index >= 15 is 0 Å². The lowest BCUT2D eigenvalue weighted by Crippen LogP contribution is -2.31. The van der Waals surface area contributed by atoms with Gasteiger partial charge in [-0.1, -0.05) is 48.5 Å². The van der Waals surface area contributed by atoms with Crippen molar-refractivity contribution >= 4 is 0 Å². The lowest BCUT2D eigenvalue weighted by molar-refractivity contribution is 0.322. The van der Waals surface area contributed by atoms with Crippen molar-refractivity contribution in [1.29, 1.82) is 0 Å². The number of hydrogen-bond acceptors (Lipinski definition) is 2. The Hall–Kier alpha value is -1.80. The van der Waals surface area contributed by atoms with Gasteiger partial charge in [-0.2, -0.15) is 0 Å². The van der Waals surface area contributed by atoms with Gasteiger partial charge in [0.25, 0.3) is 0 Å². The molecule has 0 amide bonds. The van der Waals surface area contributed by atoms with Crippen molar-refractivity contribution in [3.05, 3.63) is 65.7 Å². The molecule has 2 aromatic rings. The van der Waals surface area contributed by atoms with E-state index in [1.54, 1.807) is 0 Å². The lowest BCUT2D eigenvalue weighted by Gasteiger charge is -2.17. The molecule has 1 aliphatic heterocycles. The van der Waals surface area contributed by atoms with Crippen LogP contribution in [0.1, 0.15) is 30.4 Å². The van der Waals surface area contributed by atoms with Gasteiger partial charge in [-0.25, -0.2) is 0 Å². The zero-order chi connectivity index (χ0) is 14.5. The van der Waals surface area contributed by atoms with Gasteiger partial charge >= 0.3 is 0 Å². The maximum absolute atomic E-state index is 5.73. The molecule has 0 aliphatic carbocycles. The third kappa shape index (κ3) is 3.64. The van der Waals surface area contributed by atoms with E-state index in [1.807, 2.05) is 6.07 Å². The van der Waals surface area contributed by atoms with Crippen LogP contribution in [-0.2, 0) is 6.42 Å². The standard InChI is InChI=1S/C19H23NO/c1-15(11-12-16-7-3-2-4-8-16)20-13-17-14-21-19-10-6-5-9-18(17)19/h2-10,15,17,20H,11-14H2,1H3. The van der Waals surface area contributed by atoms with Gasteiger partial charge in [-0.3, -0.25) is 0 Å². The van der Waals surface area contributed by atoms with E-state index in [0.29, 0.717) is 12.0 Å². The molecule has 3 rings (SSSR count). The van der Waals surface area contributed by atoms with E-state index in [4.69, 9.17) is 4.74 Å². The van der Waals surface area contributed by atoms with Crippen LogP contribution in [0.4, 0.5) is 0 Å². The molecule has 1 heterocycles. The Bertz CT molecular complexity index is 567. The van der Waals surface area contributed by atoms with Gasteiger partial charge in [0.05, 0.1) is 6.61 Å². The Balaban J connectivity index is 1.45. The van der Waals surface area contributed by atoms with Crippen LogP contribution in [0.2, 0.25) is 0 Å². The van der Waals surface area contributed by atoms with Crippen molar-refractivity contribution in [2.75, 3.05) is 13.2 Å². The molecule has 0 spiro atoms. The molecule has 0 saturated carbocycles. The topological polar surface area (TPSA) is 21.3 Å². The van der Waals surface area contributed by atoms with Crippen LogP contribution in [0.25, 0.3) is 0 Å². The predicted octanol–water partition coefficient (Wildman–Crippen LogP) is 3.77. The van der Waals surface area contributed by atoms with E-state index < -0.39 is 0 Å². The minimum absolute atomic E-state index is 0.486. The summed E-state index contributed by atoms with van der Waals surface area (Å²) in [6.07, 6.45) is 2.30. The molecule has 0 aromatic heterocycles. The van der Waals surface area contributed by atoms with Gasteiger partial charge in [0.2, 0.25) is 0 Å². The van der Waals surface area contributed by atoms with Crippen LogP contribution in [0.15, 0.2) is 54.6 Å². The number of rotatable bonds is 6. The van der Waals surface area contributed by atoms with Crippen LogP contribution in [0.5, 0.6) is 5.75 Å². The van der Waals surface area contributed by atoms with E-state index in [-0.39, 0.29) is 0 Å². The van der Waals surface area contributed by atoms with Crippen LogP contribution >= 0.6 is 0 Å². The molecule has 2 heteroatoms. The Kier molecular flexibility index (Phi) is 4.56. The molecule has 2 nitrogen and oxygen atoms in total. The first kappa shape index (κ1) is 14.2. The fraction of sp³-hybridized carbons (Fsp3) is 0.368. The van der Waals surface area contributed by atoms with Gasteiger partial charge in [-0.05, 0) is 31.4 Å². The first-order valence-corrected chi connectivity index (χ1v) is 7.82. The monoisotopic (exact) mass is 281 g/mol. The first-order valence-electron chi connectivity index (χ1n) is 7.82. The second-order valence-electron chi connectivity index (χ2n) is 5.88.